The maximum atomic E-state index is 12.7. The van der Waals surface area contributed by atoms with Crippen LogP contribution < -0.4 is 24.8 Å². The molecule has 0 saturated carbocycles. The van der Waals surface area contributed by atoms with Gasteiger partial charge in [-0.15, -0.1) is 0 Å². The number of benzene rings is 4. The Morgan fingerprint density at radius 1 is 0.744 bits per heavy atom. The van der Waals surface area contributed by atoms with Crippen LogP contribution in [0, 0.1) is 0 Å². The summed E-state index contributed by atoms with van der Waals surface area (Å²) < 4.78 is 39.0. The molecular weight excluding hydrogens is 534 g/mol. The van der Waals surface area contributed by atoms with E-state index in [9.17, 15) is 13.2 Å². The van der Waals surface area contributed by atoms with Crippen LogP contribution in [0.1, 0.15) is 15.9 Å². The highest BCUT2D eigenvalue weighted by molar-refractivity contribution is 7.89. The van der Waals surface area contributed by atoms with Crippen LogP contribution in [0.3, 0.4) is 0 Å². The average Bonchev–Trinajstić information content (AvgIpc) is 2.96. The van der Waals surface area contributed by atoms with Crippen LogP contribution in [0.15, 0.2) is 114 Å². The first-order valence-corrected chi connectivity index (χ1v) is 13.9. The topological polar surface area (TPSA) is 106 Å². The van der Waals surface area contributed by atoms with Crippen molar-refractivity contribution in [3.05, 3.63) is 120 Å². The Bertz CT molecular complexity index is 1500. The molecule has 8 nitrogen and oxygen atoms in total. The molecular formula is C29H27N3O5S2. The van der Waals surface area contributed by atoms with Gasteiger partial charge in [-0.3, -0.25) is 10.1 Å². The van der Waals surface area contributed by atoms with Crippen molar-refractivity contribution >= 4 is 38.9 Å². The number of amides is 1. The number of hydrogen-bond acceptors (Lipinski definition) is 6. The van der Waals surface area contributed by atoms with E-state index in [1.807, 2.05) is 60.7 Å². The van der Waals surface area contributed by atoms with Crippen molar-refractivity contribution in [2.75, 3.05) is 18.5 Å². The predicted molar refractivity (Wildman–Crippen MR) is 154 cm³/mol. The maximum Gasteiger partial charge on any atom is 0.257 e. The summed E-state index contributed by atoms with van der Waals surface area (Å²) in [7, 11) is -3.69. The van der Waals surface area contributed by atoms with Crippen molar-refractivity contribution in [3.63, 3.8) is 0 Å². The Kier molecular flexibility index (Phi) is 9.63. The van der Waals surface area contributed by atoms with Crippen LogP contribution in [-0.2, 0) is 16.6 Å². The van der Waals surface area contributed by atoms with Gasteiger partial charge in [0, 0.05) is 17.8 Å². The summed E-state index contributed by atoms with van der Waals surface area (Å²) in [5, 5.41) is 5.57. The molecule has 1 amide bonds. The molecule has 0 aromatic heterocycles. The first-order valence-electron chi connectivity index (χ1n) is 12.1. The van der Waals surface area contributed by atoms with Gasteiger partial charge in [0.05, 0.1) is 4.90 Å². The van der Waals surface area contributed by atoms with Crippen LogP contribution in [0.5, 0.6) is 11.5 Å². The summed E-state index contributed by atoms with van der Waals surface area (Å²) in [6, 6.07) is 31.5. The molecule has 0 aliphatic rings. The van der Waals surface area contributed by atoms with Gasteiger partial charge in [0.1, 0.15) is 24.7 Å². The lowest BCUT2D eigenvalue weighted by atomic mass is 10.2. The quantitative estimate of drug-likeness (QED) is 0.179. The molecule has 4 aromatic rings. The fraction of sp³-hybridized carbons (Fsp3) is 0.103. The molecule has 0 unspecified atom stereocenters. The third kappa shape index (κ3) is 8.64. The number of hydrogen-bond donors (Lipinski definition) is 3. The van der Waals surface area contributed by atoms with Gasteiger partial charge in [0.15, 0.2) is 5.11 Å². The summed E-state index contributed by atoms with van der Waals surface area (Å²) in [5.41, 5.74) is 1.75. The highest BCUT2D eigenvalue weighted by Gasteiger charge is 2.14. The molecule has 39 heavy (non-hydrogen) atoms. The van der Waals surface area contributed by atoms with Gasteiger partial charge in [-0.2, -0.15) is 0 Å². The third-order valence-corrected chi connectivity index (χ3v) is 7.04. The fourth-order valence-electron chi connectivity index (χ4n) is 3.48. The summed E-state index contributed by atoms with van der Waals surface area (Å²) in [6.45, 7) is 0.859. The zero-order valence-electron chi connectivity index (χ0n) is 20.9. The van der Waals surface area contributed by atoms with E-state index in [2.05, 4.69) is 15.4 Å². The monoisotopic (exact) mass is 561 g/mol. The second kappa shape index (κ2) is 13.5. The molecule has 0 spiro atoms. The number of sulfonamides is 1. The number of nitrogens with one attached hydrogen (secondary N) is 3. The molecule has 0 heterocycles. The van der Waals surface area contributed by atoms with Crippen molar-refractivity contribution in [1.82, 2.24) is 10.0 Å². The minimum atomic E-state index is -3.69. The van der Waals surface area contributed by atoms with Gasteiger partial charge in [-0.1, -0.05) is 54.6 Å². The lowest BCUT2D eigenvalue weighted by Gasteiger charge is -2.12. The molecule has 10 heteroatoms. The van der Waals surface area contributed by atoms with Gasteiger partial charge in [0.2, 0.25) is 10.0 Å². The summed E-state index contributed by atoms with van der Waals surface area (Å²) in [5.74, 6) is 0.866. The van der Waals surface area contributed by atoms with E-state index in [1.165, 1.54) is 12.1 Å². The Hall–Kier alpha value is -4.25. The molecule has 4 rings (SSSR count). The minimum absolute atomic E-state index is 0.0698. The SMILES string of the molecule is O=C(NC(=S)Nc1ccc(S(=O)(=O)NCc2ccccc2)cc1)c1cccc(OCCOc2ccccc2)c1. The van der Waals surface area contributed by atoms with Crippen LogP contribution in [0.25, 0.3) is 0 Å². The zero-order chi connectivity index (χ0) is 27.5. The highest BCUT2D eigenvalue weighted by Crippen LogP contribution is 2.16. The summed E-state index contributed by atoms with van der Waals surface area (Å²) in [6.07, 6.45) is 0. The fourth-order valence-corrected chi connectivity index (χ4v) is 4.70. The number of ether oxygens (including phenoxy) is 2. The number of carbonyl (C=O) groups excluding carboxylic acids is 1. The molecule has 0 saturated heterocycles. The van der Waals surface area contributed by atoms with Gasteiger partial charge in [0.25, 0.3) is 5.91 Å². The Balaban J connectivity index is 1.25. The predicted octanol–water partition coefficient (Wildman–Crippen LogP) is 4.75. The standard InChI is InChI=1S/C29H27N3O5S2/c33-28(23-10-7-13-26(20-23)37-19-18-36-25-11-5-2-6-12-25)32-29(38)31-24-14-16-27(17-15-24)39(34,35)30-21-22-8-3-1-4-9-22/h1-17,20,30H,18-19,21H2,(H2,31,32,33,38). The molecule has 0 fully saturated rings. The first kappa shape index (κ1) is 27.8. The first-order chi connectivity index (χ1) is 18.9. The van der Waals surface area contributed by atoms with Crippen molar-refractivity contribution in [2.24, 2.45) is 0 Å². The summed E-state index contributed by atoms with van der Waals surface area (Å²) >= 11 is 5.26. The molecule has 200 valence electrons. The third-order valence-electron chi connectivity index (χ3n) is 5.42. The lowest BCUT2D eigenvalue weighted by Crippen LogP contribution is -2.34. The largest absolute Gasteiger partial charge is 0.490 e. The van der Waals surface area contributed by atoms with Crippen LogP contribution in [0.4, 0.5) is 5.69 Å². The second-order valence-electron chi connectivity index (χ2n) is 8.28. The van der Waals surface area contributed by atoms with Crippen molar-refractivity contribution in [2.45, 2.75) is 11.4 Å². The van der Waals surface area contributed by atoms with Crippen molar-refractivity contribution in [1.29, 1.82) is 0 Å². The van der Waals surface area contributed by atoms with Crippen LogP contribution >= 0.6 is 12.2 Å². The number of thiocarbonyl (C=S) groups is 1. The van der Waals surface area contributed by atoms with Gasteiger partial charge >= 0.3 is 0 Å². The molecule has 0 aliphatic heterocycles. The Labute approximate surface area is 233 Å². The highest BCUT2D eigenvalue weighted by atomic mass is 32.2. The molecule has 3 N–H and O–H groups in total. The Morgan fingerprint density at radius 3 is 2.05 bits per heavy atom. The summed E-state index contributed by atoms with van der Waals surface area (Å²) in [4.78, 5) is 12.8. The van der Waals surface area contributed by atoms with E-state index in [-0.39, 0.29) is 16.6 Å². The van der Waals surface area contributed by atoms with Crippen molar-refractivity contribution in [3.8, 4) is 11.5 Å². The number of carbonyl (C=O) groups is 1. The van der Waals surface area contributed by atoms with Gasteiger partial charge in [-0.25, -0.2) is 13.1 Å². The van der Waals surface area contributed by atoms with Crippen LogP contribution in [-0.4, -0.2) is 32.7 Å². The normalized spacial score (nSPS) is 10.9. The molecule has 0 radical (unpaired) electrons. The molecule has 0 bridgehead atoms. The van der Waals surface area contributed by atoms with Gasteiger partial charge < -0.3 is 14.8 Å². The van der Waals surface area contributed by atoms with E-state index in [1.54, 1.807) is 36.4 Å². The molecule has 4 aromatic carbocycles. The Morgan fingerprint density at radius 2 is 1.36 bits per heavy atom. The minimum Gasteiger partial charge on any atom is -0.490 e. The van der Waals surface area contributed by atoms with E-state index in [0.717, 1.165) is 11.3 Å². The van der Waals surface area contributed by atoms with Crippen molar-refractivity contribution < 1.29 is 22.7 Å². The second-order valence-corrected chi connectivity index (χ2v) is 10.5. The zero-order valence-corrected chi connectivity index (χ0v) is 22.5. The smallest absolute Gasteiger partial charge is 0.257 e. The number of rotatable bonds is 11. The van der Waals surface area contributed by atoms with E-state index >= 15 is 0 Å². The van der Waals surface area contributed by atoms with Crippen LogP contribution in [0.2, 0.25) is 0 Å². The number of para-hydroxylation sites is 1. The molecule has 0 aliphatic carbocycles. The maximum absolute atomic E-state index is 12.7. The molecule has 0 atom stereocenters. The van der Waals surface area contributed by atoms with Gasteiger partial charge in [-0.05, 0) is 72.4 Å². The van der Waals surface area contributed by atoms with E-state index in [0.29, 0.717) is 30.2 Å². The van der Waals surface area contributed by atoms with E-state index < -0.39 is 15.9 Å². The number of anilines is 1. The lowest BCUT2D eigenvalue weighted by molar-refractivity contribution is 0.0977. The average molecular weight is 562 g/mol. The van der Waals surface area contributed by atoms with E-state index in [4.69, 9.17) is 21.7 Å².